The summed E-state index contributed by atoms with van der Waals surface area (Å²) in [7, 11) is 0. The molecule has 1 aromatic carbocycles. The zero-order chi connectivity index (χ0) is 21.5. The molecule has 2 heterocycles. The third kappa shape index (κ3) is 5.72. The second-order valence-corrected chi connectivity index (χ2v) is 8.51. The van der Waals surface area contributed by atoms with Gasteiger partial charge in [0.2, 0.25) is 5.91 Å². The van der Waals surface area contributed by atoms with E-state index in [0.717, 1.165) is 72.5 Å². The summed E-state index contributed by atoms with van der Waals surface area (Å²) in [5.41, 5.74) is 3.19. The van der Waals surface area contributed by atoms with E-state index < -0.39 is 0 Å². The van der Waals surface area contributed by atoms with Crippen molar-refractivity contribution in [3.63, 3.8) is 0 Å². The number of amides is 1. The number of carbonyl (C=O) groups excluding carboxylic acids is 1. The summed E-state index contributed by atoms with van der Waals surface area (Å²) >= 11 is 6.41. The van der Waals surface area contributed by atoms with Gasteiger partial charge in [0.05, 0.1) is 0 Å². The number of anilines is 1. The van der Waals surface area contributed by atoms with Crippen LogP contribution in [0.15, 0.2) is 24.3 Å². The fourth-order valence-corrected chi connectivity index (χ4v) is 4.25. The van der Waals surface area contributed by atoms with Crippen molar-refractivity contribution in [1.29, 1.82) is 0 Å². The predicted molar refractivity (Wildman–Crippen MR) is 123 cm³/mol. The van der Waals surface area contributed by atoms with Crippen molar-refractivity contribution in [2.75, 3.05) is 31.1 Å². The number of aromatic nitrogens is 2. The minimum Gasteiger partial charge on any atom is -0.353 e. The second-order valence-electron chi connectivity index (χ2n) is 8.11. The van der Waals surface area contributed by atoms with Crippen molar-refractivity contribution < 1.29 is 4.79 Å². The first-order valence-electron chi connectivity index (χ1n) is 11.1. The highest BCUT2D eigenvalue weighted by Gasteiger charge is 2.24. The summed E-state index contributed by atoms with van der Waals surface area (Å²) in [6, 6.07) is 7.94. The summed E-state index contributed by atoms with van der Waals surface area (Å²) in [5, 5.41) is 0.766. The minimum atomic E-state index is 0.289. The Kier molecular flexibility index (Phi) is 8.08. The topological polar surface area (TPSA) is 49.3 Å². The van der Waals surface area contributed by atoms with Gasteiger partial charge in [-0.2, -0.15) is 0 Å². The Bertz CT molecular complexity index is 862. The highest BCUT2D eigenvalue weighted by atomic mass is 35.5. The summed E-state index contributed by atoms with van der Waals surface area (Å²) in [5.74, 6) is 2.05. The van der Waals surface area contributed by atoms with Crippen LogP contribution in [0, 0.1) is 13.8 Å². The molecule has 1 amide bonds. The van der Waals surface area contributed by atoms with Gasteiger partial charge in [-0.15, -0.1) is 0 Å². The molecule has 5 nitrogen and oxygen atoms in total. The van der Waals surface area contributed by atoms with Crippen LogP contribution in [0.2, 0.25) is 5.02 Å². The third-order valence-electron chi connectivity index (χ3n) is 5.81. The van der Waals surface area contributed by atoms with Crippen LogP contribution in [-0.2, 0) is 11.2 Å². The molecular weight excluding hydrogens is 396 g/mol. The van der Waals surface area contributed by atoms with Gasteiger partial charge >= 0.3 is 0 Å². The largest absolute Gasteiger partial charge is 0.353 e. The molecule has 6 heteroatoms. The smallest absolute Gasteiger partial charge is 0.222 e. The SMILES string of the molecule is CCCCCCC(=O)N1CCN(c2nc(C)nc(C)c2Cc2ccccc2Cl)CC1. The van der Waals surface area contributed by atoms with E-state index in [9.17, 15) is 4.79 Å². The number of unbranched alkanes of at least 4 members (excludes halogenated alkanes) is 3. The van der Waals surface area contributed by atoms with Gasteiger partial charge in [0.1, 0.15) is 11.6 Å². The van der Waals surface area contributed by atoms with Gasteiger partial charge < -0.3 is 9.80 Å². The molecule has 162 valence electrons. The average Bonchev–Trinajstić information content (AvgIpc) is 2.74. The molecule has 30 heavy (non-hydrogen) atoms. The maximum atomic E-state index is 12.5. The molecule has 1 fully saturated rings. The van der Waals surface area contributed by atoms with Crippen LogP contribution < -0.4 is 4.90 Å². The molecule has 0 atom stereocenters. The summed E-state index contributed by atoms with van der Waals surface area (Å²) in [4.78, 5) is 26.2. The van der Waals surface area contributed by atoms with E-state index >= 15 is 0 Å². The van der Waals surface area contributed by atoms with Crippen LogP contribution in [0.25, 0.3) is 0 Å². The number of hydrogen-bond donors (Lipinski definition) is 0. The van der Waals surface area contributed by atoms with Crippen LogP contribution in [0.3, 0.4) is 0 Å². The van der Waals surface area contributed by atoms with Crippen LogP contribution in [0.5, 0.6) is 0 Å². The number of piperazine rings is 1. The number of hydrogen-bond acceptors (Lipinski definition) is 4. The number of halogens is 1. The highest BCUT2D eigenvalue weighted by molar-refractivity contribution is 6.31. The van der Waals surface area contributed by atoms with Gasteiger partial charge in [-0.05, 0) is 31.9 Å². The molecule has 0 aliphatic carbocycles. The van der Waals surface area contributed by atoms with E-state index in [2.05, 4.69) is 22.9 Å². The molecule has 1 aliphatic heterocycles. The van der Waals surface area contributed by atoms with Crippen molar-refractivity contribution in [3.05, 3.63) is 51.9 Å². The van der Waals surface area contributed by atoms with E-state index in [1.54, 1.807) is 0 Å². The number of carbonyl (C=O) groups is 1. The van der Waals surface area contributed by atoms with Gasteiger partial charge in [-0.25, -0.2) is 9.97 Å². The molecular formula is C24H33ClN4O. The van der Waals surface area contributed by atoms with E-state index in [1.807, 2.05) is 36.9 Å². The van der Waals surface area contributed by atoms with Crippen molar-refractivity contribution >= 4 is 23.3 Å². The van der Waals surface area contributed by atoms with E-state index in [4.69, 9.17) is 16.6 Å². The lowest BCUT2D eigenvalue weighted by Crippen LogP contribution is -2.49. The van der Waals surface area contributed by atoms with E-state index in [-0.39, 0.29) is 5.91 Å². The molecule has 0 spiro atoms. The number of aryl methyl sites for hydroxylation is 2. The zero-order valence-electron chi connectivity index (χ0n) is 18.5. The lowest BCUT2D eigenvalue weighted by molar-refractivity contribution is -0.131. The number of benzene rings is 1. The second kappa shape index (κ2) is 10.8. The molecule has 0 bridgehead atoms. The minimum absolute atomic E-state index is 0.289. The van der Waals surface area contributed by atoms with E-state index in [1.165, 1.54) is 12.8 Å². The Morgan fingerprint density at radius 1 is 1.03 bits per heavy atom. The molecule has 3 rings (SSSR count). The lowest BCUT2D eigenvalue weighted by atomic mass is 10.0. The fourth-order valence-electron chi connectivity index (χ4n) is 4.05. The predicted octanol–water partition coefficient (Wildman–Crippen LogP) is 4.96. The molecule has 2 aromatic rings. The third-order valence-corrected chi connectivity index (χ3v) is 6.17. The quantitative estimate of drug-likeness (QED) is 0.558. The van der Waals surface area contributed by atoms with Crippen molar-refractivity contribution in [1.82, 2.24) is 14.9 Å². The van der Waals surface area contributed by atoms with Gasteiger partial charge in [0, 0.05) is 55.3 Å². The van der Waals surface area contributed by atoms with Crippen LogP contribution in [-0.4, -0.2) is 47.0 Å². The maximum absolute atomic E-state index is 12.5. The van der Waals surface area contributed by atoms with Crippen LogP contribution >= 0.6 is 11.6 Å². The molecule has 1 aromatic heterocycles. The molecule has 0 radical (unpaired) electrons. The first-order chi connectivity index (χ1) is 14.5. The van der Waals surface area contributed by atoms with Crippen molar-refractivity contribution in [2.24, 2.45) is 0 Å². The zero-order valence-corrected chi connectivity index (χ0v) is 19.2. The summed E-state index contributed by atoms with van der Waals surface area (Å²) in [6.45, 7) is 9.27. The standard InChI is InChI=1S/C24H33ClN4O/c1-4-5-6-7-12-23(30)28-13-15-29(16-14-28)24-21(18(2)26-19(3)27-24)17-20-10-8-9-11-22(20)25/h8-11H,4-7,12-17H2,1-3H3. The number of rotatable bonds is 8. The molecule has 0 saturated carbocycles. The Morgan fingerprint density at radius 3 is 2.47 bits per heavy atom. The highest BCUT2D eigenvalue weighted by Crippen LogP contribution is 2.27. The molecule has 1 saturated heterocycles. The monoisotopic (exact) mass is 428 g/mol. The molecule has 1 aliphatic rings. The van der Waals surface area contributed by atoms with Gasteiger partial charge in [-0.3, -0.25) is 4.79 Å². The summed E-state index contributed by atoms with van der Waals surface area (Å²) < 4.78 is 0. The normalized spacial score (nSPS) is 14.3. The van der Waals surface area contributed by atoms with Crippen LogP contribution in [0.4, 0.5) is 5.82 Å². The molecule has 0 N–H and O–H groups in total. The Morgan fingerprint density at radius 2 is 1.77 bits per heavy atom. The number of nitrogens with zero attached hydrogens (tertiary/aromatic N) is 4. The maximum Gasteiger partial charge on any atom is 0.222 e. The van der Waals surface area contributed by atoms with Gasteiger partial charge in [-0.1, -0.05) is 56.0 Å². The molecule has 0 unspecified atom stereocenters. The van der Waals surface area contributed by atoms with Crippen molar-refractivity contribution in [2.45, 2.75) is 59.3 Å². The first kappa shape index (κ1) is 22.5. The van der Waals surface area contributed by atoms with Gasteiger partial charge in [0.25, 0.3) is 0 Å². The van der Waals surface area contributed by atoms with Crippen molar-refractivity contribution in [3.8, 4) is 0 Å². The Hall–Kier alpha value is -2.14. The summed E-state index contributed by atoms with van der Waals surface area (Å²) in [6.07, 6.45) is 5.93. The van der Waals surface area contributed by atoms with E-state index in [0.29, 0.717) is 12.8 Å². The Balaban J connectivity index is 1.69. The fraction of sp³-hybridized carbons (Fsp3) is 0.542. The lowest BCUT2D eigenvalue weighted by Gasteiger charge is -2.36. The Labute approximate surface area is 185 Å². The average molecular weight is 429 g/mol. The first-order valence-corrected chi connectivity index (χ1v) is 11.5. The van der Waals surface area contributed by atoms with Crippen LogP contribution in [0.1, 0.15) is 61.7 Å². The van der Waals surface area contributed by atoms with Gasteiger partial charge in [0.15, 0.2) is 0 Å².